The molecule has 0 unspecified atom stereocenters. The van der Waals surface area contributed by atoms with Crippen molar-refractivity contribution in [1.29, 1.82) is 0 Å². The number of benzene rings is 1. The van der Waals surface area contributed by atoms with Crippen LogP contribution in [-0.4, -0.2) is 29.3 Å². The highest BCUT2D eigenvalue weighted by atomic mass is 79.9. The Kier molecular flexibility index (Phi) is 4.89. The molecule has 1 amide bonds. The molecule has 21 heavy (non-hydrogen) atoms. The quantitative estimate of drug-likeness (QED) is 0.655. The average Bonchev–Trinajstić information content (AvgIpc) is 2.51. The van der Waals surface area contributed by atoms with Gasteiger partial charge in [0.2, 0.25) is 0 Å². The van der Waals surface area contributed by atoms with E-state index >= 15 is 0 Å². The predicted octanol–water partition coefficient (Wildman–Crippen LogP) is 2.32. The summed E-state index contributed by atoms with van der Waals surface area (Å²) >= 11 is 3.21. The van der Waals surface area contributed by atoms with Crippen molar-refractivity contribution in [2.24, 2.45) is 5.10 Å². The minimum Gasteiger partial charge on any atom is -0.506 e. The van der Waals surface area contributed by atoms with Crippen LogP contribution in [0.5, 0.6) is 11.5 Å². The summed E-state index contributed by atoms with van der Waals surface area (Å²) in [5.74, 6) is 0.203. The second kappa shape index (κ2) is 6.85. The number of amides is 1. The summed E-state index contributed by atoms with van der Waals surface area (Å²) in [6.07, 6.45) is 4.37. The molecule has 0 fully saturated rings. The molecule has 0 radical (unpaired) electrons. The molecule has 0 saturated heterocycles. The van der Waals surface area contributed by atoms with Gasteiger partial charge in [0.05, 0.1) is 17.8 Å². The van der Waals surface area contributed by atoms with E-state index in [1.54, 1.807) is 24.3 Å². The summed E-state index contributed by atoms with van der Waals surface area (Å²) in [6.45, 7) is 0. The van der Waals surface area contributed by atoms with Crippen molar-refractivity contribution in [3.05, 3.63) is 52.3 Å². The number of ether oxygens (including phenoxy) is 1. The average molecular weight is 350 g/mol. The third kappa shape index (κ3) is 3.79. The molecule has 0 aliphatic carbocycles. The van der Waals surface area contributed by atoms with E-state index in [2.05, 4.69) is 31.4 Å². The van der Waals surface area contributed by atoms with Gasteiger partial charge in [-0.25, -0.2) is 5.43 Å². The Bertz CT molecular complexity index is 675. The van der Waals surface area contributed by atoms with Crippen molar-refractivity contribution < 1.29 is 14.6 Å². The van der Waals surface area contributed by atoms with E-state index in [-0.39, 0.29) is 11.7 Å². The molecule has 2 rings (SSSR count). The van der Waals surface area contributed by atoms with E-state index in [1.165, 1.54) is 25.7 Å². The minimum absolute atomic E-state index is 0.0118. The van der Waals surface area contributed by atoms with Gasteiger partial charge >= 0.3 is 0 Å². The summed E-state index contributed by atoms with van der Waals surface area (Å²) in [5.41, 5.74) is 3.22. The zero-order valence-electron chi connectivity index (χ0n) is 11.1. The molecule has 1 heterocycles. The number of nitrogens with one attached hydrogen (secondary N) is 1. The third-order valence-electron chi connectivity index (χ3n) is 2.61. The largest absolute Gasteiger partial charge is 0.506 e. The van der Waals surface area contributed by atoms with Crippen LogP contribution in [0.4, 0.5) is 0 Å². The standard InChI is InChI=1S/C14H12BrN3O3/c1-21-11-6-10(13(19)12(15)7-11)8-17-18-14(20)9-2-4-16-5-3-9/h2-8,19H,1H3,(H,18,20)/b17-8-. The summed E-state index contributed by atoms with van der Waals surface area (Å²) in [4.78, 5) is 15.6. The van der Waals surface area contributed by atoms with Crippen LogP contribution in [0.25, 0.3) is 0 Å². The Morgan fingerprint density at radius 2 is 2.14 bits per heavy atom. The number of hydrogen-bond donors (Lipinski definition) is 2. The first kappa shape index (κ1) is 15.0. The fraction of sp³-hybridized carbons (Fsp3) is 0.0714. The molecule has 1 aromatic heterocycles. The van der Waals surface area contributed by atoms with Gasteiger partial charge in [0.15, 0.2) is 0 Å². The number of rotatable bonds is 4. The molecule has 1 aromatic carbocycles. The first-order valence-corrected chi connectivity index (χ1v) is 6.71. The lowest BCUT2D eigenvalue weighted by Gasteiger charge is -2.06. The van der Waals surface area contributed by atoms with Crippen molar-refractivity contribution >= 4 is 28.1 Å². The molecule has 0 saturated carbocycles. The number of halogens is 1. The Labute approximate surface area is 129 Å². The fourth-order valence-corrected chi connectivity index (χ4v) is 1.99. The van der Waals surface area contributed by atoms with Gasteiger partial charge in [-0.15, -0.1) is 0 Å². The second-order valence-corrected chi connectivity index (χ2v) is 4.84. The van der Waals surface area contributed by atoms with Gasteiger partial charge in [-0.2, -0.15) is 5.10 Å². The third-order valence-corrected chi connectivity index (χ3v) is 3.22. The van der Waals surface area contributed by atoms with Crippen molar-refractivity contribution in [1.82, 2.24) is 10.4 Å². The molecule has 2 N–H and O–H groups in total. The van der Waals surface area contributed by atoms with Crippen molar-refractivity contribution in [2.45, 2.75) is 0 Å². The number of aromatic hydroxyl groups is 1. The molecule has 0 atom stereocenters. The fourth-order valence-electron chi connectivity index (χ4n) is 1.54. The smallest absolute Gasteiger partial charge is 0.271 e. The summed E-state index contributed by atoms with van der Waals surface area (Å²) in [5, 5.41) is 13.7. The number of phenolic OH excluding ortho intramolecular Hbond substituents is 1. The van der Waals surface area contributed by atoms with Gasteiger partial charge in [-0.3, -0.25) is 9.78 Å². The monoisotopic (exact) mass is 349 g/mol. The van der Waals surface area contributed by atoms with Crippen LogP contribution in [-0.2, 0) is 0 Å². The van der Waals surface area contributed by atoms with Gasteiger partial charge in [0.1, 0.15) is 11.5 Å². The highest BCUT2D eigenvalue weighted by Gasteiger charge is 2.07. The van der Waals surface area contributed by atoms with E-state index in [0.717, 1.165) is 0 Å². The van der Waals surface area contributed by atoms with E-state index in [0.29, 0.717) is 21.3 Å². The van der Waals surface area contributed by atoms with Crippen LogP contribution < -0.4 is 10.2 Å². The van der Waals surface area contributed by atoms with Gasteiger partial charge < -0.3 is 9.84 Å². The lowest BCUT2D eigenvalue weighted by Crippen LogP contribution is -2.17. The summed E-state index contributed by atoms with van der Waals surface area (Å²) in [7, 11) is 1.52. The SMILES string of the molecule is COc1cc(Br)c(O)c(/C=N\NC(=O)c2ccncc2)c1. The van der Waals surface area contributed by atoms with Crippen molar-refractivity contribution in [3.63, 3.8) is 0 Å². The highest BCUT2D eigenvalue weighted by molar-refractivity contribution is 9.10. The maximum Gasteiger partial charge on any atom is 0.271 e. The van der Waals surface area contributed by atoms with Crippen LogP contribution in [0.15, 0.2) is 46.2 Å². The van der Waals surface area contributed by atoms with E-state index in [9.17, 15) is 9.90 Å². The molecule has 2 aromatic rings. The number of hydrogen-bond acceptors (Lipinski definition) is 5. The molecule has 6 nitrogen and oxygen atoms in total. The summed E-state index contributed by atoms with van der Waals surface area (Å²) < 4.78 is 5.57. The Morgan fingerprint density at radius 3 is 2.81 bits per heavy atom. The topological polar surface area (TPSA) is 83.8 Å². The Hall–Kier alpha value is -2.41. The first-order chi connectivity index (χ1) is 10.1. The number of methoxy groups -OCH3 is 1. The number of aromatic nitrogens is 1. The molecule has 0 bridgehead atoms. The Balaban J connectivity index is 2.12. The molecule has 108 valence electrons. The molecule has 7 heteroatoms. The maximum atomic E-state index is 11.8. The van der Waals surface area contributed by atoms with Crippen LogP contribution in [0.2, 0.25) is 0 Å². The normalized spacial score (nSPS) is 10.6. The maximum absolute atomic E-state index is 11.8. The zero-order chi connectivity index (χ0) is 15.2. The van der Waals surface area contributed by atoms with Crippen LogP contribution in [0, 0.1) is 0 Å². The second-order valence-electron chi connectivity index (χ2n) is 3.98. The highest BCUT2D eigenvalue weighted by Crippen LogP contribution is 2.31. The van der Waals surface area contributed by atoms with Crippen molar-refractivity contribution in [3.8, 4) is 11.5 Å². The number of carbonyl (C=O) groups excluding carboxylic acids is 1. The predicted molar refractivity (Wildman–Crippen MR) is 81.7 cm³/mol. The van der Waals surface area contributed by atoms with E-state index in [1.807, 2.05) is 0 Å². The molecule has 0 aliphatic rings. The number of hydrazone groups is 1. The lowest BCUT2D eigenvalue weighted by atomic mass is 10.2. The van der Waals surface area contributed by atoms with Crippen LogP contribution in [0.3, 0.4) is 0 Å². The molecular weight excluding hydrogens is 338 g/mol. The van der Waals surface area contributed by atoms with Gasteiger partial charge in [-0.05, 0) is 40.2 Å². The van der Waals surface area contributed by atoms with E-state index in [4.69, 9.17) is 4.74 Å². The van der Waals surface area contributed by atoms with E-state index < -0.39 is 0 Å². The van der Waals surface area contributed by atoms with Gasteiger partial charge in [0, 0.05) is 23.5 Å². The van der Waals surface area contributed by atoms with Gasteiger partial charge in [0.25, 0.3) is 5.91 Å². The number of pyridine rings is 1. The lowest BCUT2D eigenvalue weighted by molar-refractivity contribution is 0.0955. The molecular formula is C14H12BrN3O3. The number of nitrogens with zero attached hydrogens (tertiary/aromatic N) is 2. The van der Waals surface area contributed by atoms with Crippen LogP contribution in [0.1, 0.15) is 15.9 Å². The zero-order valence-corrected chi connectivity index (χ0v) is 12.7. The number of phenols is 1. The molecule has 0 spiro atoms. The van der Waals surface area contributed by atoms with Crippen molar-refractivity contribution in [2.75, 3.05) is 7.11 Å². The number of carbonyl (C=O) groups is 1. The first-order valence-electron chi connectivity index (χ1n) is 5.91. The Morgan fingerprint density at radius 1 is 1.43 bits per heavy atom. The molecule has 0 aliphatic heterocycles. The minimum atomic E-state index is -0.366. The van der Waals surface area contributed by atoms with Crippen LogP contribution >= 0.6 is 15.9 Å². The van der Waals surface area contributed by atoms with Gasteiger partial charge in [-0.1, -0.05) is 0 Å². The summed E-state index contributed by atoms with van der Waals surface area (Å²) in [6, 6.07) is 6.37.